The molecule has 3 aromatic rings. The molecule has 1 heterocycles. The van der Waals surface area contributed by atoms with Crippen LogP contribution in [0.5, 0.6) is 0 Å². The van der Waals surface area contributed by atoms with Crippen LogP contribution in [0.3, 0.4) is 0 Å². The van der Waals surface area contributed by atoms with Crippen LogP contribution in [0.1, 0.15) is 21.5 Å². The quantitative estimate of drug-likeness (QED) is 0.626. The Hall–Kier alpha value is -2.83. The maximum atomic E-state index is 12.9. The molecule has 148 valence electrons. The van der Waals surface area contributed by atoms with E-state index < -0.39 is 10.0 Å². The monoisotopic (exact) mass is 426 g/mol. The van der Waals surface area contributed by atoms with Crippen LogP contribution in [0.4, 0.5) is 11.4 Å². The summed E-state index contributed by atoms with van der Waals surface area (Å²) < 4.78 is 27.0. The molecule has 29 heavy (non-hydrogen) atoms. The van der Waals surface area contributed by atoms with Gasteiger partial charge in [-0.3, -0.25) is 9.10 Å². The highest BCUT2D eigenvalue weighted by Crippen LogP contribution is 2.44. The number of hydrogen-bond donors (Lipinski definition) is 1. The van der Waals surface area contributed by atoms with Gasteiger partial charge in [-0.05, 0) is 61.4 Å². The Bertz CT molecular complexity index is 1270. The summed E-state index contributed by atoms with van der Waals surface area (Å²) in [5, 5.41) is 3.51. The molecule has 0 saturated heterocycles. The second-order valence-electron chi connectivity index (χ2n) is 7.07. The van der Waals surface area contributed by atoms with Gasteiger partial charge in [-0.2, -0.15) is 0 Å². The number of aryl methyl sites for hydroxylation is 2. The van der Waals surface area contributed by atoms with E-state index in [0.29, 0.717) is 33.1 Å². The highest BCUT2D eigenvalue weighted by Gasteiger charge is 2.33. The van der Waals surface area contributed by atoms with Gasteiger partial charge in [0.15, 0.2) is 0 Å². The number of carbonyl (C=O) groups is 1. The lowest BCUT2D eigenvalue weighted by molar-refractivity contribution is 0.102. The van der Waals surface area contributed by atoms with E-state index in [1.54, 1.807) is 54.6 Å². The normalized spacial score (nSPS) is 14.1. The van der Waals surface area contributed by atoms with Crippen LogP contribution in [-0.4, -0.2) is 21.4 Å². The maximum Gasteiger partial charge on any atom is 0.264 e. The number of amides is 1. The van der Waals surface area contributed by atoms with Gasteiger partial charge in [0.1, 0.15) is 0 Å². The topological polar surface area (TPSA) is 66.5 Å². The summed E-state index contributed by atoms with van der Waals surface area (Å²) in [7, 11) is -2.09. The number of nitrogens with one attached hydrogen (secondary N) is 1. The van der Waals surface area contributed by atoms with E-state index in [2.05, 4.69) is 5.32 Å². The summed E-state index contributed by atoms with van der Waals surface area (Å²) in [6.07, 6.45) is 0. The summed E-state index contributed by atoms with van der Waals surface area (Å²) in [6, 6.07) is 15.6. The van der Waals surface area contributed by atoms with Gasteiger partial charge in [-0.25, -0.2) is 8.42 Å². The molecule has 1 aliphatic heterocycles. The van der Waals surface area contributed by atoms with Gasteiger partial charge in [0.05, 0.1) is 10.6 Å². The number of fused-ring (bicyclic) bond motifs is 3. The molecule has 4 rings (SSSR count). The second kappa shape index (κ2) is 6.90. The molecule has 7 heteroatoms. The van der Waals surface area contributed by atoms with E-state index in [4.69, 9.17) is 11.6 Å². The third-order valence-electron chi connectivity index (χ3n) is 5.13. The standard InChI is InChI=1S/C22H19ClN2O3S/c1-13-11-16(23)8-9-19(13)24-22(26)15-10-14(2)21-18(12-15)17-6-4-5-7-20(17)29(27,28)25(21)3/h4-12H,1-3H3,(H,24,26). The van der Waals surface area contributed by atoms with Crippen molar-refractivity contribution in [2.45, 2.75) is 18.7 Å². The zero-order valence-corrected chi connectivity index (χ0v) is 17.7. The number of nitrogens with zero attached hydrogens (tertiary/aromatic N) is 1. The fraction of sp³-hybridized carbons (Fsp3) is 0.136. The molecule has 0 aliphatic carbocycles. The third-order valence-corrected chi connectivity index (χ3v) is 7.18. The minimum absolute atomic E-state index is 0.237. The molecule has 0 atom stereocenters. The summed E-state index contributed by atoms with van der Waals surface area (Å²) >= 11 is 5.99. The molecule has 5 nitrogen and oxygen atoms in total. The molecule has 0 unspecified atom stereocenters. The van der Waals surface area contributed by atoms with Crippen molar-refractivity contribution in [3.63, 3.8) is 0 Å². The molecule has 0 spiro atoms. The number of anilines is 2. The first-order valence-electron chi connectivity index (χ1n) is 9.00. The van der Waals surface area contributed by atoms with E-state index in [-0.39, 0.29) is 10.8 Å². The zero-order chi connectivity index (χ0) is 20.9. The van der Waals surface area contributed by atoms with Crippen LogP contribution < -0.4 is 9.62 Å². The Labute approximate surface area is 175 Å². The number of benzene rings is 3. The predicted molar refractivity (Wildman–Crippen MR) is 116 cm³/mol. The van der Waals surface area contributed by atoms with Crippen LogP contribution in [0, 0.1) is 13.8 Å². The van der Waals surface area contributed by atoms with Crippen LogP contribution in [0.15, 0.2) is 59.5 Å². The fourth-order valence-corrected chi connectivity index (χ4v) is 5.39. The lowest BCUT2D eigenvalue weighted by Crippen LogP contribution is -2.31. The Morgan fingerprint density at radius 3 is 2.41 bits per heavy atom. The molecule has 1 aliphatic rings. The second-order valence-corrected chi connectivity index (χ2v) is 9.45. The van der Waals surface area contributed by atoms with Gasteiger partial charge in [0, 0.05) is 34.4 Å². The largest absolute Gasteiger partial charge is 0.322 e. The van der Waals surface area contributed by atoms with E-state index in [9.17, 15) is 13.2 Å². The van der Waals surface area contributed by atoms with Crippen LogP contribution in [0.2, 0.25) is 5.02 Å². The van der Waals surface area contributed by atoms with Gasteiger partial charge in [-0.1, -0.05) is 29.8 Å². The Kier molecular flexibility index (Phi) is 4.63. The minimum atomic E-state index is -3.63. The highest BCUT2D eigenvalue weighted by molar-refractivity contribution is 7.93. The minimum Gasteiger partial charge on any atom is -0.322 e. The first-order valence-corrected chi connectivity index (χ1v) is 10.8. The average molecular weight is 427 g/mol. The fourth-order valence-electron chi connectivity index (χ4n) is 3.68. The lowest BCUT2D eigenvalue weighted by atomic mass is 9.96. The zero-order valence-electron chi connectivity index (χ0n) is 16.2. The van der Waals surface area contributed by atoms with Crippen molar-refractivity contribution >= 4 is 38.9 Å². The van der Waals surface area contributed by atoms with Crippen molar-refractivity contribution in [2.75, 3.05) is 16.7 Å². The van der Waals surface area contributed by atoms with E-state index >= 15 is 0 Å². The predicted octanol–water partition coefficient (Wildman–Crippen LogP) is 5.01. The molecule has 1 N–H and O–H groups in total. The molecule has 0 fully saturated rings. The molecule has 0 bridgehead atoms. The molecule has 1 amide bonds. The lowest BCUT2D eigenvalue weighted by Gasteiger charge is -2.31. The number of halogens is 1. The van der Waals surface area contributed by atoms with E-state index in [1.807, 2.05) is 13.8 Å². The Morgan fingerprint density at radius 2 is 1.69 bits per heavy atom. The first-order chi connectivity index (χ1) is 13.7. The van der Waals surface area contributed by atoms with Crippen molar-refractivity contribution < 1.29 is 13.2 Å². The number of rotatable bonds is 2. The first kappa shape index (κ1) is 19.5. The number of carbonyl (C=O) groups excluding carboxylic acids is 1. The number of hydrogen-bond acceptors (Lipinski definition) is 3. The summed E-state index contributed by atoms with van der Waals surface area (Å²) in [5.74, 6) is -0.269. The van der Waals surface area contributed by atoms with Gasteiger partial charge in [-0.15, -0.1) is 0 Å². The number of sulfonamides is 1. The van der Waals surface area contributed by atoms with Gasteiger partial charge in [0.25, 0.3) is 15.9 Å². The molecular formula is C22H19ClN2O3S. The highest BCUT2D eigenvalue weighted by atomic mass is 35.5. The van der Waals surface area contributed by atoms with E-state index in [1.165, 1.54) is 11.4 Å². The van der Waals surface area contributed by atoms with Gasteiger partial charge in [0.2, 0.25) is 0 Å². The molecule has 0 aromatic heterocycles. The molecule has 0 saturated carbocycles. The van der Waals surface area contributed by atoms with Crippen molar-refractivity contribution in [1.82, 2.24) is 0 Å². The average Bonchev–Trinajstić information content (AvgIpc) is 2.68. The smallest absolute Gasteiger partial charge is 0.264 e. The van der Waals surface area contributed by atoms with E-state index in [0.717, 1.165) is 11.1 Å². The summed E-state index contributed by atoms with van der Waals surface area (Å²) in [4.78, 5) is 13.2. The summed E-state index contributed by atoms with van der Waals surface area (Å²) in [6.45, 7) is 3.68. The van der Waals surface area contributed by atoms with Crippen molar-refractivity contribution in [3.8, 4) is 11.1 Å². The van der Waals surface area contributed by atoms with Crippen LogP contribution in [0.25, 0.3) is 11.1 Å². The molecule has 0 radical (unpaired) electrons. The van der Waals surface area contributed by atoms with Crippen molar-refractivity contribution in [1.29, 1.82) is 0 Å². The molecule has 3 aromatic carbocycles. The third kappa shape index (κ3) is 3.18. The summed E-state index contributed by atoms with van der Waals surface area (Å²) in [5.41, 5.74) is 4.60. The van der Waals surface area contributed by atoms with Gasteiger partial charge < -0.3 is 5.32 Å². The SMILES string of the molecule is Cc1cc(Cl)ccc1NC(=O)c1cc(C)c2c(c1)-c1ccccc1S(=O)(=O)N2C. The van der Waals surface area contributed by atoms with Crippen molar-refractivity contribution in [2.24, 2.45) is 0 Å². The Balaban J connectivity index is 1.82. The van der Waals surface area contributed by atoms with Crippen LogP contribution >= 0.6 is 11.6 Å². The Morgan fingerprint density at radius 1 is 0.966 bits per heavy atom. The maximum absolute atomic E-state index is 12.9. The molecular weight excluding hydrogens is 408 g/mol. The van der Waals surface area contributed by atoms with Crippen molar-refractivity contribution in [3.05, 3.63) is 76.3 Å². The van der Waals surface area contributed by atoms with Crippen LogP contribution in [-0.2, 0) is 10.0 Å². The van der Waals surface area contributed by atoms with Gasteiger partial charge >= 0.3 is 0 Å².